The molecule has 5 heteroatoms. The second-order valence-corrected chi connectivity index (χ2v) is 4.00. The van der Waals surface area contributed by atoms with Gasteiger partial charge < -0.3 is 15.2 Å². The van der Waals surface area contributed by atoms with E-state index in [1.54, 1.807) is 30.5 Å². The highest BCUT2D eigenvalue weighted by Gasteiger charge is 2.02. The van der Waals surface area contributed by atoms with Crippen LogP contribution >= 0.6 is 0 Å². The number of hydrogen-bond acceptors (Lipinski definition) is 4. The van der Waals surface area contributed by atoms with Crippen molar-refractivity contribution >= 4 is 0 Å². The Balaban J connectivity index is 1.94. The SMILES string of the molecule is CNCCCn1cc(Oc2cccc(O)c2)cn1. The van der Waals surface area contributed by atoms with Gasteiger partial charge in [0.2, 0.25) is 0 Å². The first-order valence-electron chi connectivity index (χ1n) is 5.92. The van der Waals surface area contributed by atoms with Crippen LogP contribution in [-0.2, 0) is 6.54 Å². The van der Waals surface area contributed by atoms with Crippen LogP contribution in [-0.4, -0.2) is 28.5 Å². The average Bonchev–Trinajstić information content (AvgIpc) is 2.77. The maximum Gasteiger partial charge on any atom is 0.165 e. The molecule has 1 heterocycles. The van der Waals surface area contributed by atoms with E-state index in [9.17, 15) is 5.11 Å². The van der Waals surface area contributed by atoms with Crippen molar-refractivity contribution in [1.82, 2.24) is 15.1 Å². The van der Waals surface area contributed by atoms with Crippen LogP contribution in [0.5, 0.6) is 17.2 Å². The van der Waals surface area contributed by atoms with Crippen molar-refractivity contribution in [1.29, 1.82) is 0 Å². The van der Waals surface area contributed by atoms with Gasteiger partial charge in [-0.05, 0) is 32.1 Å². The van der Waals surface area contributed by atoms with Gasteiger partial charge in [0.25, 0.3) is 0 Å². The number of phenols is 1. The Bertz CT molecular complexity index is 496. The first-order valence-corrected chi connectivity index (χ1v) is 5.92. The van der Waals surface area contributed by atoms with Crippen LogP contribution in [0.25, 0.3) is 0 Å². The molecule has 96 valence electrons. The fourth-order valence-corrected chi connectivity index (χ4v) is 1.62. The van der Waals surface area contributed by atoms with E-state index in [2.05, 4.69) is 10.4 Å². The Morgan fingerprint density at radius 3 is 3.06 bits per heavy atom. The van der Waals surface area contributed by atoms with Gasteiger partial charge in [0, 0.05) is 12.6 Å². The van der Waals surface area contributed by atoms with Crippen LogP contribution in [0.1, 0.15) is 6.42 Å². The van der Waals surface area contributed by atoms with Gasteiger partial charge in [0.05, 0.1) is 12.4 Å². The number of aromatic hydroxyl groups is 1. The Hall–Kier alpha value is -2.01. The van der Waals surface area contributed by atoms with Crippen LogP contribution in [0.2, 0.25) is 0 Å². The molecule has 18 heavy (non-hydrogen) atoms. The average molecular weight is 247 g/mol. The molecule has 2 rings (SSSR count). The lowest BCUT2D eigenvalue weighted by Crippen LogP contribution is -2.11. The van der Waals surface area contributed by atoms with Gasteiger partial charge >= 0.3 is 0 Å². The number of nitrogens with zero attached hydrogens (tertiary/aromatic N) is 2. The van der Waals surface area contributed by atoms with Gasteiger partial charge in [-0.2, -0.15) is 5.10 Å². The summed E-state index contributed by atoms with van der Waals surface area (Å²) in [7, 11) is 1.93. The quantitative estimate of drug-likeness (QED) is 0.766. The Morgan fingerprint density at radius 1 is 1.39 bits per heavy atom. The minimum Gasteiger partial charge on any atom is -0.508 e. The number of ether oxygens (including phenoxy) is 1. The summed E-state index contributed by atoms with van der Waals surface area (Å²) in [5.74, 6) is 1.46. The predicted molar refractivity (Wildman–Crippen MR) is 69.0 cm³/mol. The molecule has 0 atom stereocenters. The number of nitrogens with one attached hydrogen (secondary N) is 1. The highest BCUT2D eigenvalue weighted by atomic mass is 16.5. The zero-order chi connectivity index (χ0) is 12.8. The van der Waals surface area contributed by atoms with Gasteiger partial charge in [0.1, 0.15) is 11.5 Å². The molecular weight excluding hydrogens is 230 g/mol. The summed E-state index contributed by atoms with van der Waals surface area (Å²) in [4.78, 5) is 0. The maximum absolute atomic E-state index is 9.33. The largest absolute Gasteiger partial charge is 0.508 e. The molecule has 0 fully saturated rings. The van der Waals surface area contributed by atoms with E-state index in [4.69, 9.17) is 4.74 Å². The summed E-state index contributed by atoms with van der Waals surface area (Å²) < 4.78 is 7.43. The van der Waals surface area contributed by atoms with Crippen molar-refractivity contribution in [3.63, 3.8) is 0 Å². The number of phenolic OH excluding ortho intramolecular Hbond substituents is 1. The molecule has 1 aromatic heterocycles. The maximum atomic E-state index is 9.33. The zero-order valence-electron chi connectivity index (χ0n) is 10.3. The molecule has 0 aliphatic carbocycles. The molecule has 2 aromatic rings. The highest BCUT2D eigenvalue weighted by molar-refractivity contribution is 5.34. The van der Waals surface area contributed by atoms with Crippen molar-refractivity contribution in [2.45, 2.75) is 13.0 Å². The fraction of sp³-hybridized carbons (Fsp3) is 0.308. The van der Waals surface area contributed by atoms with Crippen molar-refractivity contribution in [3.8, 4) is 17.2 Å². The first kappa shape index (κ1) is 12.4. The van der Waals surface area contributed by atoms with Crippen molar-refractivity contribution in [2.75, 3.05) is 13.6 Å². The third kappa shape index (κ3) is 3.49. The van der Waals surface area contributed by atoms with Gasteiger partial charge in [-0.1, -0.05) is 6.07 Å². The highest BCUT2D eigenvalue weighted by Crippen LogP contribution is 2.23. The Morgan fingerprint density at radius 2 is 2.28 bits per heavy atom. The predicted octanol–water partition coefficient (Wildman–Crippen LogP) is 1.99. The summed E-state index contributed by atoms with van der Waals surface area (Å²) in [5, 5.41) is 16.6. The number of aryl methyl sites for hydroxylation is 1. The third-order valence-corrected chi connectivity index (χ3v) is 2.48. The van der Waals surface area contributed by atoms with Crippen molar-refractivity contribution in [3.05, 3.63) is 36.7 Å². The first-order chi connectivity index (χ1) is 8.78. The zero-order valence-corrected chi connectivity index (χ0v) is 10.3. The number of aromatic nitrogens is 2. The lowest BCUT2D eigenvalue weighted by molar-refractivity contribution is 0.454. The summed E-state index contributed by atoms with van der Waals surface area (Å²) in [6.07, 6.45) is 4.53. The minimum atomic E-state index is 0.189. The van der Waals surface area contributed by atoms with Crippen molar-refractivity contribution in [2.24, 2.45) is 0 Å². The van der Waals surface area contributed by atoms with Gasteiger partial charge in [0.15, 0.2) is 5.75 Å². The van der Waals surface area contributed by atoms with Crippen LogP contribution in [0.3, 0.4) is 0 Å². The normalized spacial score (nSPS) is 10.5. The summed E-state index contributed by atoms with van der Waals surface area (Å²) >= 11 is 0. The summed E-state index contributed by atoms with van der Waals surface area (Å²) in [6, 6.07) is 6.70. The van der Waals surface area contributed by atoms with E-state index in [1.165, 1.54) is 0 Å². The second kappa shape index (κ2) is 6.07. The van der Waals surface area contributed by atoms with E-state index < -0.39 is 0 Å². The monoisotopic (exact) mass is 247 g/mol. The molecule has 0 saturated heterocycles. The van der Waals surface area contributed by atoms with Crippen LogP contribution in [0.4, 0.5) is 0 Å². The Labute approximate surface area is 106 Å². The molecule has 0 unspecified atom stereocenters. The van der Waals surface area contributed by atoms with Gasteiger partial charge in [-0.15, -0.1) is 0 Å². The van der Waals surface area contributed by atoms with Gasteiger partial charge in [-0.25, -0.2) is 0 Å². The van der Waals surface area contributed by atoms with E-state index in [1.807, 2.05) is 17.9 Å². The standard InChI is InChI=1S/C13H17N3O2/c1-14-6-3-7-16-10-13(9-15-16)18-12-5-2-4-11(17)8-12/h2,4-5,8-10,14,17H,3,6-7H2,1H3. The third-order valence-electron chi connectivity index (χ3n) is 2.48. The molecular formula is C13H17N3O2. The van der Waals surface area contributed by atoms with E-state index in [0.29, 0.717) is 11.5 Å². The smallest absolute Gasteiger partial charge is 0.165 e. The Kier molecular flexibility index (Phi) is 4.20. The lowest BCUT2D eigenvalue weighted by Gasteiger charge is -2.02. The molecule has 1 aromatic carbocycles. The molecule has 0 amide bonds. The molecule has 0 aliphatic rings. The van der Waals surface area contributed by atoms with E-state index >= 15 is 0 Å². The summed E-state index contributed by atoms with van der Waals surface area (Å²) in [6.45, 7) is 1.81. The van der Waals surface area contributed by atoms with Gasteiger partial charge in [-0.3, -0.25) is 4.68 Å². The molecule has 0 radical (unpaired) electrons. The van der Waals surface area contributed by atoms with E-state index in [-0.39, 0.29) is 5.75 Å². The van der Waals surface area contributed by atoms with Crippen LogP contribution < -0.4 is 10.1 Å². The topological polar surface area (TPSA) is 59.3 Å². The number of hydrogen-bond donors (Lipinski definition) is 2. The minimum absolute atomic E-state index is 0.189. The second-order valence-electron chi connectivity index (χ2n) is 4.00. The molecule has 0 bridgehead atoms. The van der Waals surface area contributed by atoms with Crippen LogP contribution in [0.15, 0.2) is 36.7 Å². The van der Waals surface area contributed by atoms with Crippen molar-refractivity contribution < 1.29 is 9.84 Å². The number of rotatable bonds is 6. The van der Waals surface area contributed by atoms with E-state index in [0.717, 1.165) is 19.5 Å². The fourth-order valence-electron chi connectivity index (χ4n) is 1.62. The molecule has 0 spiro atoms. The number of benzene rings is 1. The molecule has 0 aliphatic heterocycles. The summed E-state index contributed by atoms with van der Waals surface area (Å²) in [5.41, 5.74) is 0. The van der Waals surface area contributed by atoms with Crippen LogP contribution in [0, 0.1) is 0 Å². The molecule has 5 nitrogen and oxygen atoms in total. The molecule has 0 saturated carbocycles. The lowest BCUT2D eigenvalue weighted by atomic mass is 10.3. The molecule has 2 N–H and O–H groups in total.